The molecule has 0 saturated heterocycles. The highest BCUT2D eigenvalue weighted by Gasteiger charge is 2.21. The molecule has 0 unspecified atom stereocenters. The molecule has 0 fully saturated rings. The third-order valence-corrected chi connectivity index (χ3v) is 4.52. The number of carbonyl (C=O) groups is 2. The molecule has 2 aromatic carbocycles. The summed E-state index contributed by atoms with van der Waals surface area (Å²) < 4.78 is 0. The van der Waals surface area contributed by atoms with Crippen LogP contribution in [0.1, 0.15) is 25.3 Å². The number of nitrogens with one attached hydrogen (secondary N) is 2. The number of nitrogens with two attached hydrogens (primary N) is 2. The standard InChI is InChI=1S/C21H27N5O3/c1-14(21(28)29)11-18(24-20(27)13-19(22)25-26-23)12-15-7-9-17(10-8-15)16-5-3-2-4-6-16/h2-10,14,18,26H,11-13,23H2,1H3,(H2,22,25)(H,24,27)(H,28,29)/t14-,18+/m1/s1. The summed E-state index contributed by atoms with van der Waals surface area (Å²) in [6.07, 6.45) is 0.674. The van der Waals surface area contributed by atoms with E-state index < -0.39 is 11.9 Å². The van der Waals surface area contributed by atoms with Gasteiger partial charge < -0.3 is 16.2 Å². The van der Waals surface area contributed by atoms with E-state index in [1.807, 2.05) is 60.1 Å². The minimum absolute atomic E-state index is 0.0437. The second-order valence-electron chi connectivity index (χ2n) is 6.92. The average molecular weight is 397 g/mol. The number of carboxylic acids is 1. The molecule has 0 aliphatic heterocycles. The summed E-state index contributed by atoms with van der Waals surface area (Å²) in [5.74, 6) is 3.25. The lowest BCUT2D eigenvalue weighted by atomic mass is 9.95. The van der Waals surface area contributed by atoms with E-state index in [4.69, 9.17) is 11.6 Å². The minimum Gasteiger partial charge on any atom is -0.481 e. The summed E-state index contributed by atoms with van der Waals surface area (Å²) in [6.45, 7) is 1.62. The van der Waals surface area contributed by atoms with E-state index in [-0.39, 0.29) is 24.2 Å². The molecular weight excluding hydrogens is 370 g/mol. The molecule has 0 radical (unpaired) electrons. The van der Waals surface area contributed by atoms with Gasteiger partial charge in [-0.1, -0.05) is 61.5 Å². The number of hydrogen-bond donors (Lipinski definition) is 5. The highest BCUT2D eigenvalue weighted by Crippen LogP contribution is 2.20. The first kappa shape index (κ1) is 21.9. The van der Waals surface area contributed by atoms with Gasteiger partial charge in [-0.25, -0.2) is 11.4 Å². The van der Waals surface area contributed by atoms with Crippen molar-refractivity contribution in [3.05, 3.63) is 60.2 Å². The Morgan fingerprint density at radius 1 is 1.07 bits per heavy atom. The van der Waals surface area contributed by atoms with Crippen molar-refractivity contribution in [3.63, 3.8) is 0 Å². The third-order valence-electron chi connectivity index (χ3n) is 4.52. The van der Waals surface area contributed by atoms with Crippen LogP contribution >= 0.6 is 0 Å². The van der Waals surface area contributed by atoms with Crippen molar-refractivity contribution >= 4 is 17.7 Å². The first-order chi connectivity index (χ1) is 13.9. The average Bonchev–Trinajstić information content (AvgIpc) is 2.69. The van der Waals surface area contributed by atoms with Gasteiger partial charge in [0.2, 0.25) is 5.91 Å². The summed E-state index contributed by atoms with van der Waals surface area (Å²) in [5.41, 5.74) is 10.8. The third kappa shape index (κ3) is 7.27. The molecule has 0 spiro atoms. The number of hydrazone groups is 1. The van der Waals surface area contributed by atoms with Crippen LogP contribution in [-0.4, -0.2) is 28.9 Å². The fraction of sp³-hybridized carbons (Fsp3) is 0.286. The van der Waals surface area contributed by atoms with Gasteiger partial charge in [-0.05, 0) is 29.5 Å². The number of rotatable bonds is 10. The minimum atomic E-state index is -0.905. The maximum atomic E-state index is 12.2. The Morgan fingerprint density at radius 3 is 2.28 bits per heavy atom. The van der Waals surface area contributed by atoms with Gasteiger partial charge in [0.1, 0.15) is 5.84 Å². The molecule has 0 aliphatic rings. The Kier molecular flexibility index (Phi) is 8.17. The van der Waals surface area contributed by atoms with Gasteiger partial charge in [0, 0.05) is 6.04 Å². The molecule has 0 aromatic heterocycles. The molecule has 2 atom stereocenters. The number of amides is 1. The Hall–Kier alpha value is -3.39. The summed E-state index contributed by atoms with van der Waals surface area (Å²) in [5, 5.41) is 15.6. The number of hydrazine groups is 1. The lowest BCUT2D eigenvalue weighted by molar-refractivity contribution is -0.141. The number of carboxylic acid groups (broad SMARTS) is 1. The van der Waals surface area contributed by atoms with Gasteiger partial charge in [-0.2, -0.15) is 5.10 Å². The molecule has 7 N–H and O–H groups in total. The number of aliphatic carboxylic acids is 1. The van der Waals surface area contributed by atoms with Gasteiger partial charge in [0.05, 0.1) is 12.3 Å². The van der Waals surface area contributed by atoms with Crippen LogP contribution in [0, 0.1) is 5.92 Å². The Balaban J connectivity index is 2.09. The molecular formula is C21H27N5O3. The highest BCUT2D eigenvalue weighted by molar-refractivity contribution is 5.99. The number of hydrogen-bond acceptors (Lipinski definition) is 5. The predicted molar refractivity (Wildman–Crippen MR) is 112 cm³/mol. The SMILES string of the molecule is C[C@H](C[C@@H](Cc1ccc(-c2ccccc2)cc1)NC(=O)CC(N)=NNN)C(=O)O. The van der Waals surface area contributed by atoms with Crippen LogP contribution in [0.5, 0.6) is 0 Å². The van der Waals surface area contributed by atoms with E-state index in [9.17, 15) is 14.7 Å². The van der Waals surface area contributed by atoms with Gasteiger partial charge in [-0.15, -0.1) is 0 Å². The zero-order valence-corrected chi connectivity index (χ0v) is 16.3. The van der Waals surface area contributed by atoms with Crippen molar-refractivity contribution in [1.82, 2.24) is 10.9 Å². The maximum Gasteiger partial charge on any atom is 0.306 e. The summed E-state index contributed by atoms with van der Waals surface area (Å²) >= 11 is 0. The van der Waals surface area contributed by atoms with Gasteiger partial charge in [-0.3, -0.25) is 9.59 Å². The quantitative estimate of drug-likeness (QED) is 0.178. The van der Waals surface area contributed by atoms with E-state index in [0.29, 0.717) is 12.8 Å². The van der Waals surface area contributed by atoms with Crippen molar-refractivity contribution < 1.29 is 14.7 Å². The molecule has 0 saturated carbocycles. The monoisotopic (exact) mass is 397 g/mol. The van der Waals surface area contributed by atoms with Gasteiger partial charge >= 0.3 is 5.97 Å². The van der Waals surface area contributed by atoms with Crippen LogP contribution in [-0.2, 0) is 16.0 Å². The van der Waals surface area contributed by atoms with Crippen LogP contribution in [0.25, 0.3) is 11.1 Å². The van der Waals surface area contributed by atoms with Gasteiger partial charge in [0.25, 0.3) is 0 Å². The number of carbonyl (C=O) groups excluding carboxylic acids is 1. The van der Waals surface area contributed by atoms with Gasteiger partial charge in [0.15, 0.2) is 0 Å². The van der Waals surface area contributed by atoms with Crippen LogP contribution < -0.4 is 22.4 Å². The Bertz CT molecular complexity index is 837. The maximum absolute atomic E-state index is 12.2. The van der Waals surface area contributed by atoms with E-state index in [0.717, 1.165) is 16.7 Å². The van der Waals surface area contributed by atoms with Crippen molar-refractivity contribution in [3.8, 4) is 11.1 Å². The normalized spacial score (nSPS) is 13.4. The van der Waals surface area contributed by atoms with Crippen LogP contribution in [0.15, 0.2) is 59.7 Å². The molecule has 8 heteroatoms. The first-order valence-corrected chi connectivity index (χ1v) is 9.33. The molecule has 154 valence electrons. The van der Waals surface area contributed by atoms with E-state index in [2.05, 4.69) is 10.4 Å². The fourth-order valence-corrected chi connectivity index (χ4v) is 3.03. The Labute approximate surface area is 170 Å². The second-order valence-corrected chi connectivity index (χ2v) is 6.92. The number of nitrogens with zero attached hydrogens (tertiary/aromatic N) is 1. The Morgan fingerprint density at radius 2 is 1.69 bits per heavy atom. The second kappa shape index (κ2) is 10.8. The van der Waals surface area contributed by atoms with Crippen molar-refractivity contribution in [2.75, 3.05) is 0 Å². The largest absolute Gasteiger partial charge is 0.481 e. The summed E-state index contributed by atoms with van der Waals surface area (Å²) in [6, 6.07) is 17.7. The molecule has 1 amide bonds. The van der Waals surface area contributed by atoms with Crippen LogP contribution in [0.3, 0.4) is 0 Å². The fourth-order valence-electron chi connectivity index (χ4n) is 3.03. The molecule has 0 heterocycles. The zero-order chi connectivity index (χ0) is 21.2. The van der Waals surface area contributed by atoms with Crippen molar-refractivity contribution in [2.45, 2.75) is 32.2 Å². The van der Waals surface area contributed by atoms with E-state index in [1.54, 1.807) is 6.92 Å². The summed E-state index contributed by atoms with van der Waals surface area (Å²) in [4.78, 5) is 23.5. The van der Waals surface area contributed by atoms with E-state index >= 15 is 0 Å². The molecule has 0 bridgehead atoms. The highest BCUT2D eigenvalue weighted by atomic mass is 16.4. The number of amidine groups is 1. The van der Waals surface area contributed by atoms with E-state index in [1.165, 1.54) is 0 Å². The lowest BCUT2D eigenvalue weighted by Crippen LogP contribution is -2.40. The number of benzene rings is 2. The molecule has 2 aromatic rings. The van der Waals surface area contributed by atoms with Crippen molar-refractivity contribution in [2.24, 2.45) is 22.6 Å². The first-order valence-electron chi connectivity index (χ1n) is 9.33. The zero-order valence-electron chi connectivity index (χ0n) is 16.3. The summed E-state index contributed by atoms with van der Waals surface area (Å²) in [7, 11) is 0. The topological polar surface area (TPSA) is 143 Å². The molecule has 29 heavy (non-hydrogen) atoms. The molecule has 2 rings (SSSR count). The molecule has 0 aliphatic carbocycles. The lowest BCUT2D eigenvalue weighted by Gasteiger charge is -2.21. The molecule has 8 nitrogen and oxygen atoms in total. The van der Waals surface area contributed by atoms with Crippen LogP contribution in [0.4, 0.5) is 0 Å². The predicted octanol–water partition coefficient (Wildman–Crippen LogP) is 1.62. The smallest absolute Gasteiger partial charge is 0.306 e. The van der Waals surface area contributed by atoms with Crippen LogP contribution in [0.2, 0.25) is 0 Å². The van der Waals surface area contributed by atoms with Crippen molar-refractivity contribution in [1.29, 1.82) is 0 Å².